The summed E-state index contributed by atoms with van der Waals surface area (Å²) in [7, 11) is 0. The van der Waals surface area contributed by atoms with Crippen LogP contribution in [0.3, 0.4) is 0 Å². The first-order chi connectivity index (χ1) is 8.91. The molecule has 0 spiro atoms. The molecule has 0 saturated carbocycles. The number of hydrogen-bond donors (Lipinski definition) is 1. The summed E-state index contributed by atoms with van der Waals surface area (Å²) in [4.78, 5) is 0. The first-order valence-electron chi connectivity index (χ1n) is 8.27. The molecule has 0 rings (SSSR count). The van der Waals surface area contributed by atoms with Gasteiger partial charge in [0, 0.05) is 0 Å². The molecule has 0 aromatic carbocycles. The van der Waals surface area contributed by atoms with Crippen LogP contribution in [-0.4, -0.2) is 6.54 Å². The lowest BCUT2D eigenvalue weighted by Crippen LogP contribution is -1.97. The Kier molecular flexibility index (Phi) is 16.4. The van der Waals surface area contributed by atoms with Gasteiger partial charge in [-0.15, -0.1) is 0 Å². The molecule has 0 bridgehead atoms. The highest BCUT2D eigenvalue weighted by Crippen LogP contribution is 2.08. The standard InChI is InChI=1S/C17H35N/c1-2-3-4-5-6-7-8-9-10-11-12-13-14-15-16-17-18/h9-10H,2-8,11-18H2,1H3/b10-9-. The molecule has 0 aromatic rings. The molecule has 0 aromatic heterocycles. The van der Waals surface area contributed by atoms with E-state index in [1.54, 1.807) is 0 Å². The fraction of sp³-hybridized carbons (Fsp3) is 0.882. The molecular weight excluding hydrogens is 218 g/mol. The van der Waals surface area contributed by atoms with E-state index >= 15 is 0 Å². The number of allylic oxidation sites excluding steroid dienone is 2. The van der Waals surface area contributed by atoms with Crippen molar-refractivity contribution in [3.8, 4) is 0 Å². The van der Waals surface area contributed by atoms with Gasteiger partial charge in [0.1, 0.15) is 0 Å². The van der Waals surface area contributed by atoms with Crippen LogP contribution in [0.25, 0.3) is 0 Å². The lowest BCUT2D eigenvalue weighted by molar-refractivity contribution is 0.609. The fourth-order valence-electron chi connectivity index (χ4n) is 2.22. The predicted octanol–water partition coefficient (Wildman–Crippen LogP) is 5.59. The third-order valence-corrected chi connectivity index (χ3v) is 3.47. The van der Waals surface area contributed by atoms with Crippen LogP contribution in [0.4, 0.5) is 0 Å². The number of unbranched alkanes of at least 4 members (excludes halogenated alkanes) is 11. The van der Waals surface area contributed by atoms with Crippen molar-refractivity contribution in [2.75, 3.05) is 6.54 Å². The normalized spacial score (nSPS) is 11.4. The molecule has 1 nitrogen and oxygen atoms in total. The molecule has 0 aliphatic heterocycles. The Morgan fingerprint density at radius 2 is 1.06 bits per heavy atom. The molecule has 0 unspecified atom stereocenters. The molecule has 0 amide bonds. The summed E-state index contributed by atoms with van der Waals surface area (Å²) in [6.45, 7) is 3.14. The highest BCUT2D eigenvalue weighted by Gasteiger charge is 1.89. The van der Waals surface area contributed by atoms with Crippen molar-refractivity contribution in [2.24, 2.45) is 5.73 Å². The van der Waals surface area contributed by atoms with Crippen LogP contribution in [0.15, 0.2) is 12.2 Å². The Morgan fingerprint density at radius 3 is 1.56 bits per heavy atom. The van der Waals surface area contributed by atoms with Gasteiger partial charge >= 0.3 is 0 Å². The zero-order chi connectivity index (χ0) is 13.3. The monoisotopic (exact) mass is 253 g/mol. The van der Waals surface area contributed by atoms with Gasteiger partial charge in [0.15, 0.2) is 0 Å². The Bertz CT molecular complexity index is 145. The van der Waals surface area contributed by atoms with Crippen LogP contribution in [0.2, 0.25) is 0 Å². The van der Waals surface area contributed by atoms with Crippen LogP contribution in [0.1, 0.15) is 90.4 Å². The van der Waals surface area contributed by atoms with Gasteiger partial charge in [-0.25, -0.2) is 0 Å². The van der Waals surface area contributed by atoms with E-state index in [1.807, 2.05) is 0 Å². The van der Waals surface area contributed by atoms with E-state index in [1.165, 1.54) is 83.5 Å². The van der Waals surface area contributed by atoms with E-state index < -0.39 is 0 Å². The van der Waals surface area contributed by atoms with E-state index in [9.17, 15) is 0 Å². The maximum atomic E-state index is 5.46. The molecule has 108 valence electrons. The molecule has 0 atom stereocenters. The summed E-state index contributed by atoms with van der Waals surface area (Å²) < 4.78 is 0. The zero-order valence-electron chi connectivity index (χ0n) is 12.6. The molecule has 0 aliphatic rings. The van der Waals surface area contributed by atoms with E-state index in [-0.39, 0.29) is 0 Å². The minimum Gasteiger partial charge on any atom is -0.330 e. The summed E-state index contributed by atoms with van der Waals surface area (Å²) in [6.07, 6.45) is 22.4. The third-order valence-electron chi connectivity index (χ3n) is 3.47. The van der Waals surface area contributed by atoms with E-state index in [2.05, 4.69) is 19.1 Å². The van der Waals surface area contributed by atoms with Crippen molar-refractivity contribution in [3.63, 3.8) is 0 Å². The summed E-state index contributed by atoms with van der Waals surface area (Å²) in [6, 6.07) is 0. The second-order valence-corrected chi connectivity index (χ2v) is 5.37. The van der Waals surface area contributed by atoms with Crippen LogP contribution in [0.5, 0.6) is 0 Å². The maximum Gasteiger partial charge on any atom is -0.00773 e. The lowest BCUT2D eigenvalue weighted by atomic mass is 10.1. The third kappa shape index (κ3) is 15.7. The summed E-state index contributed by atoms with van der Waals surface area (Å²) in [5, 5.41) is 0. The molecule has 1 heteroatoms. The second kappa shape index (κ2) is 16.7. The van der Waals surface area contributed by atoms with Crippen LogP contribution in [0, 0.1) is 0 Å². The Labute approximate surface area is 115 Å². The average molecular weight is 253 g/mol. The first kappa shape index (κ1) is 17.7. The van der Waals surface area contributed by atoms with Gasteiger partial charge in [0.05, 0.1) is 0 Å². The average Bonchev–Trinajstić information content (AvgIpc) is 2.39. The van der Waals surface area contributed by atoms with Crippen LogP contribution < -0.4 is 5.73 Å². The van der Waals surface area contributed by atoms with E-state index in [0.717, 1.165) is 6.54 Å². The first-order valence-corrected chi connectivity index (χ1v) is 8.27. The van der Waals surface area contributed by atoms with Crippen molar-refractivity contribution in [3.05, 3.63) is 12.2 Å². The van der Waals surface area contributed by atoms with Gasteiger partial charge in [-0.2, -0.15) is 0 Å². The van der Waals surface area contributed by atoms with Crippen molar-refractivity contribution in [1.29, 1.82) is 0 Å². The van der Waals surface area contributed by atoms with Gasteiger partial charge in [0.25, 0.3) is 0 Å². The van der Waals surface area contributed by atoms with Crippen molar-refractivity contribution in [1.82, 2.24) is 0 Å². The molecule has 0 fully saturated rings. The largest absolute Gasteiger partial charge is 0.330 e. The number of rotatable bonds is 14. The quantitative estimate of drug-likeness (QED) is 0.317. The summed E-state index contributed by atoms with van der Waals surface area (Å²) >= 11 is 0. The summed E-state index contributed by atoms with van der Waals surface area (Å²) in [5.74, 6) is 0. The molecule has 0 radical (unpaired) electrons. The molecular formula is C17H35N. The molecule has 18 heavy (non-hydrogen) atoms. The minimum absolute atomic E-state index is 0.859. The maximum absolute atomic E-state index is 5.46. The zero-order valence-corrected chi connectivity index (χ0v) is 12.6. The second-order valence-electron chi connectivity index (χ2n) is 5.37. The van der Waals surface area contributed by atoms with Gasteiger partial charge < -0.3 is 5.73 Å². The van der Waals surface area contributed by atoms with Crippen molar-refractivity contribution >= 4 is 0 Å². The summed E-state index contributed by atoms with van der Waals surface area (Å²) in [5.41, 5.74) is 5.46. The van der Waals surface area contributed by atoms with Crippen LogP contribution in [-0.2, 0) is 0 Å². The topological polar surface area (TPSA) is 26.0 Å². The Hall–Kier alpha value is -0.300. The van der Waals surface area contributed by atoms with Crippen molar-refractivity contribution < 1.29 is 0 Å². The molecule has 0 saturated heterocycles. The van der Waals surface area contributed by atoms with Gasteiger partial charge in [-0.3, -0.25) is 0 Å². The Balaban J connectivity index is 3.00. The highest BCUT2D eigenvalue weighted by molar-refractivity contribution is 4.81. The minimum atomic E-state index is 0.859. The van der Waals surface area contributed by atoms with Gasteiger partial charge in [-0.05, 0) is 38.6 Å². The van der Waals surface area contributed by atoms with E-state index in [0.29, 0.717) is 0 Å². The van der Waals surface area contributed by atoms with Crippen LogP contribution >= 0.6 is 0 Å². The smallest absolute Gasteiger partial charge is 0.00773 e. The number of hydrogen-bond acceptors (Lipinski definition) is 1. The van der Waals surface area contributed by atoms with Crippen molar-refractivity contribution in [2.45, 2.75) is 90.4 Å². The molecule has 0 aliphatic carbocycles. The number of nitrogens with two attached hydrogens (primary N) is 1. The highest BCUT2D eigenvalue weighted by atomic mass is 14.5. The predicted molar refractivity (Wildman–Crippen MR) is 83.9 cm³/mol. The SMILES string of the molecule is CCCCCCCC/C=C\CCCCCCCN. The molecule has 2 N–H and O–H groups in total. The molecule has 0 heterocycles. The van der Waals surface area contributed by atoms with Gasteiger partial charge in [0.2, 0.25) is 0 Å². The Morgan fingerprint density at radius 1 is 0.611 bits per heavy atom. The van der Waals surface area contributed by atoms with E-state index in [4.69, 9.17) is 5.73 Å². The lowest BCUT2D eigenvalue weighted by Gasteiger charge is -1.98. The fourth-order valence-corrected chi connectivity index (χ4v) is 2.22. The van der Waals surface area contributed by atoms with Gasteiger partial charge in [-0.1, -0.05) is 70.4 Å².